The average Bonchev–Trinajstić information content (AvgIpc) is 2.58. The summed E-state index contributed by atoms with van der Waals surface area (Å²) in [6.07, 6.45) is -1.22. The Labute approximate surface area is 172 Å². The van der Waals surface area contributed by atoms with E-state index in [9.17, 15) is 28.8 Å². The molecule has 0 saturated carbocycles. The molecule has 0 aliphatic heterocycles. The number of carbonyl (C=O) groups excluding carboxylic acids is 4. The van der Waals surface area contributed by atoms with Crippen LogP contribution in [0.15, 0.2) is 0 Å². The molecule has 0 aliphatic rings. The highest BCUT2D eigenvalue weighted by Gasteiger charge is 2.30. The maximum absolute atomic E-state index is 12.3. The predicted octanol–water partition coefficient (Wildman–Crippen LogP) is -2.73. The van der Waals surface area contributed by atoms with Gasteiger partial charge in [-0.05, 0) is 19.3 Å². The lowest BCUT2D eigenvalue weighted by molar-refractivity contribution is -0.144. The summed E-state index contributed by atoms with van der Waals surface area (Å²) in [4.78, 5) is 69.6. The van der Waals surface area contributed by atoms with Gasteiger partial charge in [0.05, 0.1) is 18.9 Å². The Morgan fingerprint density at radius 3 is 1.77 bits per heavy atom. The molecule has 13 nitrogen and oxygen atoms in total. The third-order valence-electron chi connectivity index (χ3n) is 3.85. The second-order valence-electron chi connectivity index (χ2n) is 7.20. The number of primary amides is 1. The molecule has 4 unspecified atom stereocenters. The molecule has 0 heterocycles. The van der Waals surface area contributed by atoms with Crippen LogP contribution >= 0.6 is 0 Å². The molecule has 13 heteroatoms. The monoisotopic (exact) mass is 431 g/mol. The highest BCUT2D eigenvalue weighted by molar-refractivity contribution is 5.96. The Kier molecular flexibility index (Phi) is 11.0. The smallest absolute Gasteiger partial charge is 0.326 e. The van der Waals surface area contributed by atoms with E-state index in [4.69, 9.17) is 21.7 Å². The molecule has 0 aromatic heterocycles. The second-order valence-corrected chi connectivity index (χ2v) is 7.20. The van der Waals surface area contributed by atoms with Crippen molar-refractivity contribution in [2.75, 3.05) is 0 Å². The van der Waals surface area contributed by atoms with Gasteiger partial charge < -0.3 is 37.6 Å². The first-order valence-corrected chi connectivity index (χ1v) is 9.14. The van der Waals surface area contributed by atoms with E-state index in [0.29, 0.717) is 6.42 Å². The lowest BCUT2D eigenvalue weighted by Gasteiger charge is -2.23. The zero-order valence-electron chi connectivity index (χ0n) is 17.0. The Balaban J connectivity index is 5.14. The highest BCUT2D eigenvalue weighted by atomic mass is 16.4. The first kappa shape index (κ1) is 26.8. The van der Waals surface area contributed by atoms with E-state index < -0.39 is 72.6 Å². The van der Waals surface area contributed by atoms with E-state index in [1.807, 2.05) is 19.2 Å². The van der Waals surface area contributed by atoms with E-state index in [0.717, 1.165) is 0 Å². The largest absolute Gasteiger partial charge is 0.481 e. The summed E-state index contributed by atoms with van der Waals surface area (Å²) in [7, 11) is 0. The molecule has 0 aliphatic carbocycles. The first-order chi connectivity index (χ1) is 13.7. The fraction of sp³-hybridized carbons (Fsp3) is 0.647. The van der Waals surface area contributed by atoms with Crippen LogP contribution < -0.4 is 27.4 Å². The van der Waals surface area contributed by atoms with Gasteiger partial charge in [0.15, 0.2) is 0 Å². The quantitative estimate of drug-likeness (QED) is 0.160. The van der Waals surface area contributed by atoms with Crippen LogP contribution in [0.5, 0.6) is 0 Å². The topological polar surface area (TPSA) is 231 Å². The fourth-order valence-electron chi connectivity index (χ4n) is 2.36. The lowest BCUT2D eigenvalue weighted by atomic mass is 10.0. The number of carboxylic acid groups (broad SMARTS) is 2. The van der Waals surface area contributed by atoms with Gasteiger partial charge in [0, 0.05) is 0 Å². The van der Waals surface area contributed by atoms with Crippen LogP contribution in [0.2, 0.25) is 0 Å². The van der Waals surface area contributed by atoms with Crippen molar-refractivity contribution in [1.29, 1.82) is 0 Å². The van der Waals surface area contributed by atoms with Crippen molar-refractivity contribution in [1.82, 2.24) is 16.0 Å². The molecule has 170 valence electrons. The maximum atomic E-state index is 12.3. The van der Waals surface area contributed by atoms with Gasteiger partial charge in [-0.15, -0.1) is 0 Å². The lowest BCUT2D eigenvalue weighted by Crippen LogP contribution is -2.57. The van der Waals surface area contributed by atoms with Gasteiger partial charge in [-0.1, -0.05) is 13.8 Å². The van der Waals surface area contributed by atoms with Gasteiger partial charge in [0.1, 0.15) is 18.1 Å². The Bertz CT molecular complexity index is 681. The summed E-state index contributed by atoms with van der Waals surface area (Å²) in [5, 5.41) is 24.4. The number of rotatable bonds is 13. The van der Waals surface area contributed by atoms with Gasteiger partial charge in [0.2, 0.25) is 23.6 Å². The minimum atomic E-state index is -1.70. The zero-order chi connectivity index (χ0) is 23.6. The van der Waals surface area contributed by atoms with E-state index in [1.54, 1.807) is 0 Å². The van der Waals surface area contributed by atoms with Gasteiger partial charge in [-0.2, -0.15) is 0 Å². The number of aliphatic carboxylic acids is 2. The van der Waals surface area contributed by atoms with Crippen LogP contribution in [0, 0.1) is 5.92 Å². The second kappa shape index (κ2) is 12.4. The molecule has 0 saturated heterocycles. The molecular formula is C17H29N5O8. The molecule has 30 heavy (non-hydrogen) atoms. The number of hydrogen-bond acceptors (Lipinski definition) is 7. The number of carbonyl (C=O) groups is 6. The SMILES string of the molecule is CC(C)CC(N)C(=O)NC(C)C(=O)NC(CC(=O)O)C(=O)NC(CC(N)=O)C(=O)O. The Hall–Kier alpha value is -3.22. The molecule has 0 radical (unpaired) electrons. The molecule has 4 amide bonds. The van der Waals surface area contributed by atoms with Gasteiger partial charge in [-0.3, -0.25) is 24.0 Å². The van der Waals surface area contributed by atoms with Crippen molar-refractivity contribution in [3.8, 4) is 0 Å². The summed E-state index contributed by atoms with van der Waals surface area (Å²) in [6.45, 7) is 5.03. The number of hydrogen-bond donors (Lipinski definition) is 7. The van der Waals surface area contributed by atoms with Gasteiger partial charge >= 0.3 is 11.9 Å². The summed E-state index contributed by atoms with van der Waals surface area (Å²) >= 11 is 0. The van der Waals surface area contributed by atoms with Crippen molar-refractivity contribution in [3.05, 3.63) is 0 Å². The third kappa shape index (κ3) is 10.4. The molecule has 4 atom stereocenters. The number of nitrogens with one attached hydrogen (secondary N) is 3. The summed E-state index contributed by atoms with van der Waals surface area (Å²) < 4.78 is 0. The summed E-state index contributed by atoms with van der Waals surface area (Å²) in [6, 6.07) is -5.37. The number of nitrogens with two attached hydrogens (primary N) is 2. The Morgan fingerprint density at radius 2 is 1.33 bits per heavy atom. The van der Waals surface area contributed by atoms with Crippen molar-refractivity contribution in [2.45, 2.75) is 64.2 Å². The number of amides is 4. The van der Waals surface area contributed by atoms with E-state index in [-0.39, 0.29) is 5.92 Å². The van der Waals surface area contributed by atoms with Crippen LogP contribution in [0.25, 0.3) is 0 Å². The molecule has 9 N–H and O–H groups in total. The number of carboxylic acids is 2. The molecule has 0 aromatic carbocycles. The highest BCUT2D eigenvalue weighted by Crippen LogP contribution is 2.03. The van der Waals surface area contributed by atoms with Crippen molar-refractivity contribution < 1.29 is 39.0 Å². The third-order valence-corrected chi connectivity index (χ3v) is 3.85. The molecule has 0 spiro atoms. The maximum Gasteiger partial charge on any atom is 0.326 e. The van der Waals surface area contributed by atoms with E-state index >= 15 is 0 Å². The average molecular weight is 431 g/mol. The molecule has 0 aromatic rings. The minimum Gasteiger partial charge on any atom is -0.481 e. The van der Waals surface area contributed by atoms with E-state index in [1.165, 1.54) is 6.92 Å². The zero-order valence-corrected chi connectivity index (χ0v) is 17.0. The minimum absolute atomic E-state index is 0.140. The van der Waals surface area contributed by atoms with Crippen LogP contribution in [-0.4, -0.2) is 69.9 Å². The van der Waals surface area contributed by atoms with Gasteiger partial charge in [0.25, 0.3) is 0 Å². The Morgan fingerprint density at radius 1 is 0.800 bits per heavy atom. The molecule has 0 rings (SSSR count). The van der Waals surface area contributed by atoms with E-state index in [2.05, 4.69) is 10.6 Å². The van der Waals surface area contributed by atoms with Crippen LogP contribution in [-0.2, 0) is 28.8 Å². The van der Waals surface area contributed by atoms with Crippen molar-refractivity contribution in [3.63, 3.8) is 0 Å². The van der Waals surface area contributed by atoms with Crippen molar-refractivity contribution in [2.24, 2.45) is 17.4 Å². The standard InChI is InChI=1S/C17H29N5O8/c1-7(2)4-9(18)15(27)20-8(3)14(26)21-10(6-13(24)25)16(28)22-11(17(29)30)5-12(19)23/h7-11H,4-6,18H2,1-3H3,(H2,19,23)(H,20,27)(H,21,26)(H,22,28)(H,24,25)(H,29,30). The van der Waals surface area contributed by atoms with Gasteiger partial charge in [-0.25, -0.2) is 4.79 Å². The normalized spacial score (nSPS) is 14.7. The predicted molar refractivity (Wildman–Crippen MR) is 103 cm³/mol. The molecule has 0 fully saturated rings. The summed E-state index contributed by atoms with van der Waals surface area (Å²) in [5.41, 5.74) is 10.6. The van der Waals surface area contributed by atoms with Crippen LogP contribution in [0.1, 0.15) is 40.0 Å². The molecule has 0 bridgehead atoms. The van der Waals surface area contributed by atoms with Crippen LogP contribution in [0.3, 0.4) is 0 Å². The molecular weight excluding hydrogens is 402 g/mol. The summed E-state index contributed by atoms with van der Waals surface area (Å²) in [5.74, 6) is -6.51. The first-order valence-electron chi connectivity index (χ1n) is 9.14. The fourth-order valence-corrected chi connectivity index (χ4v) is 2.36. The van der Waals surface area contributed by atoms with Crippen molar-refractivity contribution >= 4 is 35.6 Å². The van der Waals surface area contributed by atoms with Crippen LogP contribution in [0.4, 0.5) is 0 Å².